The van der Waals surface area contributed by atoms with E-state index in [9.17, 15) is 10.1 Å². The fourth-order valence-electron chi connectivity index (χ4n) is 1.63. The van der Waals surface area contributed by atoms with Crippen molar-refractivity contribution in [2.45, 2.75) is 32.7 Å². The molecule has 1 atom stereocenters. The summed E-state index contributed by atoms with van der Waals surface area (Å²) in [6.45, 7) is 4.58. The van der Waals surface area contributed by atoms with Crippen LogP contribution in [0.2, 0.25) is 0 Å². The molecule has 1 unspecified atom stereocenters. The molecule has 0 bridgehead atoms. The maximum Gasteiger partial charge on any atom is 0.276 e. The van der Waals surface area contributed by atoms with Crippen LogP contribution in [-0.4, -0.2) is 29.5 Å². The van der Waals surface area contributed by atoms with Crippen LogP contribution in [0, 0.1) is 21.4 Å². The predicted molar refractivity (Wildman–Crippen MR) is 77.8 cm³/mol. The molecule has 108 valence electrons. The van der Waals surface area contributed by atoms with E-state index in [-0.39, 0.29) is 11.7 Å². The van der Waals surface area contributed by atoms with Crippen molar-refractivity contribution >= 4 is 17.3 Å². The Morgan fingerprint density at radius 2 is 2.30 bits per heavy atom. The van der Waals surface area contributed by atoms with Gasteiger partial charge in [-0.05, 0) is 13.3 Å². The summed E-state index contributed by atoms with van der Waals surface area (Å²) in [5.74, 6) is 0.965. The van der Waals surface area contributed by atoms with Gasteiger partial charge in [-0.3, -0.25) is 10.1 Å². The smallest absolute Gasteiger partial charge is 0.276 e. The quantitative estimate of drug-likeness (QED) is 0.608. The van der Waals surface area contributed by atoms with Crippen molar-refractivity contribution in [3.05, 3.63) is 22.2 Å². The third kappa shape index (κ3) is 4.09. The van der Waals surface area contributed by atoms with Crippen LogP contribution >= 0.6 is 0 Å². The van der Waals surface area contributed by atoms with Gasteiger partial charge >= 0.3 is 0 Å². The second kappa shape index (κ2) is 7.28. The molecule has 0 amide bonds. The Morgan fingerprint density at radius 1 is 1.60 bits per heavy atom. The number of hydrogen-bond acceptors (Lipinski definition) is 6. The molecule has 1 heterocycles. The van der Waals surface area contributed by atoms with Crippen LogP contribution in [0.5, 0.6) is 0 Å². The molecule has 0 spiro atoms. The molecular formula is C13H19N5O2. The minimum atomic E-state index is -0.439. The van der Waals surface area contributed by atoms with E-state index in [1.54, 1.807) is 11.9 Å². The van der Waals surface area contributed by atoms with Crippen molar-refractivity contribution in [1.82, 2.24) is 4.98 Å². The van der Waals surface area contributed by atoms with E-state index < -0.39 is 4.92 Å². The largest absolute Gasteiger partial charge is 0.370 e. The summed E-state index contributed by atoms with van der Waals surface area (Å²) in [4.78, 5) is 16.7. The van der Waals surface area contributed by atoms with Gasteiger partial charge in [-0.1, -0.05) is 6.92 Å². The van der Waals surface area contributed by atoms with Gasteiger partial charge in [0, 0.05) is 19.6 Å². The summed E-state index contributed by atoms with van der Waals surface area (Å²) in [5, 5.41) is 22.8. The standard InChI is InChI=1S/C13H19N5O2/c1-4-7-15-12-8-11(18(19)20)9-13(16-12)17(3)10(2)5-6-14/h8-10H,4-5,7H2,1-3H3,(H,15,16). The van der Waals surface area contributed by atoms with Gasteiger partial charge in [0.25, 0.3) is 5.69 Å². The number of hydrogen-bond donors (Lipinski definition) is 1. The average molecular weight is 277 g/mol. The van der Waals surface area contributed by atoms with E-state index in [1.165, 1.54) is 12.1 Å². The first-order valence-electron chi connectivity index (χ1n) is 6.49. The Morgan fingerprint density at radius 3 is 2.85 bits per heavy atom. The van der Waals surface area contributed by atoms with Gasteiger partial charge in [0.1, 0.15) is 11.6 Å². The highest BCUT2D eigenvalue weighted by molar-refractivity contribution is 5.56. The summed E-state index contributed by atoms with van der Waals surface area (Å²) >= 11 is 0. The molecule has 1 aromatic rings. The Labute approximate surface area is 118 Å². The maximum absolute atomic E-state index is 11.0. The molecule has 0 fully saturated rings. The molecule has 0 saturated heterocycles. The Kier molecular flexibility index (Phi) is 5.72. The summed E-state index contributed by atoms with van der Waals surface area (Å²) < 4.78 is 0. The Bertz CT molecular complexity index is 512. The number of nitrogens with one attached hydrogen (secondary N) is 1. The Balaban J connectivity index is 3.08. The highest BCUT2D eigenvalue weighted by Gasteiger charge is 2.17. The van der Waals surface area contributed by atoms with Crippen LogP contribution in [0.25, 0.3) is 0 Å². The SMILES string of the molecule is CCCNc1cc([N+](=O)[O-])cc(N(C)C(C)CC#N)n1. The van der Waals surface area contributed by atoms with Crippen LogP contribution in [0.1, 0.15) is 26.7 Å². The maximum atomic E-state index is 11.0. The van der Waals surface area contributed by atoms with Crippen molar-refractivity contribution in [3.8, 4) is 6.07 Å². The van der Waals surface area contributed by atoms with Crippen molar-refractivity contribution in [1.29, 1.82) is 5.26 Å². The number of aromatic nitrogens is 1. The highest BCUT2D eigenvalue weighted by atomic mass is 16.6. The number of anilines is 2. The summed E-state index contributed by atoms with van der Waals surface area (Å²) in [6.07, 6.45) is 1.24. The molecule has 1 aromatic heterocycles. The second-order valence-corrected chi connectivity index (χ2v) is 4.57. The van der Waals surface area contributed by atoms with Crippen LogP contribution < -0.4 is 10.2 Å². The second-order valence-electron chi connectivity index (χ2n) is 4.57. The zero-order chi connectivity index (χ0) is 15.1. The molecule has 7 nitrogen and oxygen atoms in total. The minimum absolute atomic E-state index is 0.00962. The topological polar surface area (TPSA) is 95.1 Å². The first-order valence-corrected chi connectivity index (χ1v) is 6.49. The lowest BCUT2D eigenvalue weighted by Gasteiger charge is -2.24. The van der Waals surface area contributed by atoms with E-state index in [0.29, 0.717) is 24.6 Å². The van der Waals surface area contributed by atoms with Crippen molar-refractivity contribution in [3.63, 3.8) is 0 Å². The van der Waals surface area contributed by atoms with Crippen molar-refractivity contribution < 1.29 is 4.92 Å². The number of nitro groups is 1. The number of nitrogens with zero attached hydrogens (tertiary/aromatic N) is 4. The van der Waals surface area contributed by atoms with Gasteiger partial charge in [0.05, 0.1) is 29.5 Å². The lowest BCUT2D eigenvalue weighted by Crippen LogP contribution is -2.29. The normalized spacial score (nSPS) is 11.5. The van der Waals surface area contributed by atoms with Crippen LogP contribution in [0.4, 0.5) is 17.3 Å². The van der Waals surface area contributed by atoms with Crippen LogP contribution in [0.15, 0.2) is 12.1 Å². The molecule has 0 radical (unpaired) electrons. The summed E-state index contributed by atoms with van der Waals surface area (Å²) in [5.41, 5.74) is -0.00962. The van der Waals surface area contributed by atoms with E-state index in [4.69, 9.17) is 5.26 Å². The summed E-state index contributed by atoms with van der Waals surface area (Å²) in [6, 6.07) is 4.86. The molecule has 20 heavy (non-hydrogen) atoms. The van der Waals surface area contributed by atoms with Crippen molar-refractivity contribution in [2.24, 2.45) is 0 Å². The van der Waals surface area contributed by atoms with Gasteiger partial charge in [0.15, 0.2) is 0 Å². The minimum Gasteiger partial charge on any atom is -0.370 e. The average Bonchev–Trinajstić information content (AvgIpc) is 2.44. The third-order valence-electron chi connectivity index (χ3n) is 2.97. The van der Waals surface area contributed by atoms with E-state index in [0.717, 1.165) is 6.42 Å². The van der Waals surface area contributed by atoms with Crippen LogP contribution in [0.3, 0.4) is 0 Å². The first kappa shape index (κ1) is 15.7. The lowest BCUT2D eigenvalue weighted by atomic mass is 10.2. The highest BCUT2D eigenvalue weighted by Crippen LogP contribution is 2.24. The predicted octanol–water partition coefficient (Wildman–Crippen LogP) is 2.55. The van der Waals surface area contributed by atoms with Gasteiger partial charge < -0.3 is 10.2 Å². The van der Waals surface area contributed by atoms with Gasteiger partial charge in [-0.2, -0.15) is 5.26 Å². The van der Waals surface area contributed by atoms with E-state index >= 15 is 0 Å². The zero-order valence-electron chi connectivity index (χ0n) is 12.0. The molecule has 0 aliphatic rings. The molecule has 0 saturated carbocycles. The fourth-order valence-corrected chi connectivity index (χ4v) is 1.63. The van der Waals surface area contributed by atoms with Gasteiger partial charge in [-0.15, -0.1) is 0 Å². The number of rotatable bonds is 7. The number of nitriles is 1. The molecule has 0 aliphatic heterocycles. The molecular weight excluding hydrogens is 258 g/mol. The summed E-state index contributed by atoms with van der Waals surface area (Å²) in [7, 11) is 1.78. The molecule has 1 N–H and O–H groups in total. The molecule has 0 aliphatic carbocycles. The monoisotopic (exact) mass is 277 g/mol. The van der Waals surface area contributed by atoms with E-state index in [1.807, 2.05) is 13.8 Å². The number of pyridine rings is 1. The molecule has 0 aromatic carbocycles. The lowest BCUT2D eigenvalue weighted by molar-refractivity contribution is -0.384. The third-order valence-corrected chi connectivity index (χ3v) is 2.97. The molecule has 7 heteroatoms. The van der Waals surface area contributed by atoms with Gasteiger partial charge in [0.2, 0.25) is 0 Å². The van der Waals surface area contributed by atoms with E-state index in [2.05, 4.69) is 16.4 Å². The van der Waals surface area contributed by atoms with Crippen molar-refractivity contribution in [2.75, 3.05) is 23.8 Å². The molecule has 1 rings (SSSR count). The van der Waals surface area contributed by atoms with Crippen LogP contribution in [-0.2, 0) is 0 Å². The zero-order valence-corrected chi connectivity index (χ0v) is 12.0. The first-order chi connectivity index (χ1) is 9.49. The Hall–Kier alpha value is -2.36. The fraction of sp³-hybridized carbons (Fsp3) is 0.538. The van der Waals surface area contributed by atoms with Gasteiger partial charge in [-0.25, -0.2) is 4.98 Å².